The van der Waals surface area contributed by atoms with Gasteiger partial charge in [0.2, 0.25) is 0 Å². The Labute approximate surface area is 613 Å². The van der Waals surface area contributed by atoms with Crippen LogP contribution in [0.1, 0.15) is 427 Å². The molecule has 0 spiro atoms. The highest BCUT2D eigenvalue weighted by atomic mass is 31.2. The Morgan fingerprint density at radius 3 is 0.680 bits per heavy atom. The second-order valence-corrected chi connectivity index (χ2v) is 33.0. The zero-order valence-corrected chi connectivity index (χ0v) is 67.3. The van der Waals surface area contributed by atoms with Crippen LogP contribution in [0.15, 0.2) is 0 Å². The van der Waals surface area contributed by atoms with E-state index in [9.17, 15) is 43.2 Å². The van der Waals surface area contributed by atoms with Crippen molar-refractivity contribution in [2.24, 2.45) is 11.8 Å². The van der Waals surface area contributed by atoms with E-state index in [1.54, 1.807) is 0 Å². The van der Waals surface area contributed by atoms with Crippen LogP contribution in [0.4, 0.5) is 0 Å². The van der Waals surface area contributed by atoms with Gasteiger partial charge >= 0.3 is 39.5 Å². The Hall–Kier alpha value is -1.94. The molecule has 100 heavy (non-hydrogen) atoms. The summed E-state index contributed by atoms with van der Waals surface area (Å²) in [6.45, 7) is 9.67. The molecule has 0 aliphatic rings. The molecule has 5 atom stereocenters. The summed E-state index contributed by atoms with van der Waals surface area (Å²) in [5.41, 5.74) is 0. The van der Waals surface area contributed by atoms with Crippen LogP contribution in [0.5, 0.6) is 0 Å². The predicted octanol–water partition coefficient (Wildman–Crippen LogP) is 24.3. The topological polar surface area (TPSA) is 237 Å². The molecule has 0 bridgehead atoms. The van der Waals surface area contributed by atoms with Crippen molar-refractivity contribution in [2.75, 3.05) is 39.6 Å². The first-order valence-electron chi connectivity index (χ1n) is 42.0. The number of hydrogen-bond donors (Lipinski definition) is 3. The van der Waals surface area contributed by atoms with Gasteiger partial charge in [-0.25, -0.2) is 9.13 Å². The zero-order chi connectivity index (χ0) is 73.5. The second-order valence-electron chi connectivity index (χ2n) is 30.1. The summed E-state index contributed by atoms with van der Waals surface area (Å²) in [4.78, 5) is 73.1. The summed E-state index contributed by atoms with van der Waals surface area (Å²) in [6.07, 6.45) is 62.3. The van der Waals surface area contributed by atoms with Crippen LogP contribution in [-0.4, -0.2) is 96.7 Å². The lowest BCUT2D eigenvalue weighted by Crippen LogP contribution is -2.30. The number of ether oxygens (including phenoxy) is 4. The number of carbonyl (C=O) groups is 4. The molecule has 0 aromatic carbocycles. The van der Waals surface area contributed by atoms with Gasteiger partial charge in [0.15, 0.2) is 12.2 Å². The van der Waals surface area contributed by atoms with Gasteiger partial charge in [0.05, 0.1) is 26.4 Å². The molecule has 0 aromatic rings. The van der Waals surface area contributed by atoms with Gasteiger partial charge in [-0.05, 0) is 37.5 Å². The van der Waals surface area contributed by atoms with Gasteiger partial charge in [0.1, 0.15) is 19.3 Å². The van der Waals surface area contributed by atoms with E-state index in [-0.39, 0.29) is 25.7 Å². The van der Waals surface area contributed by atoms with E-state index in [0.29, 0.717) is 25.7 Å². The summed E-state index contributed by atoms with van der Waals surface area (Å²) in [7, 11) is -9.92. The van der Waals surface area contributed by atoms with Gasteiger partial charge in [-0.15, -0.1) is 0 Å². The normalized spacial score (nSPS) is 13.9. The molecule has 17 nitrogen and oxygen atoms in total. The highest BCUT2D eigenvalue weighted by Gasteiger charge is 2.30. The van der Waals surface area contributed by atoms with Crippen molar-refractivity contribution in [1.29, 1.82) is 0 Å². The summed E-state index contributed by atoms with van der Waals surface area (Å²) >= 11 is 0. The number of rotatable bonds is 80. The van der Waals surface area contributed by atoms with E-state index in [4.69, 9.17) is 37.0 Å². The number of esters is 4. The first-order chi connectivity index (χ1) is 48.4. The van der Waals surface area contributed by atoms with Crippen molar-refractivity contribution in [2.45, 2.75) is 445 Å². The molecule has 0 saturated heterocycles. The van der Waals surface area contributed by atoms with Crippen LogP contribution in [0, 0.1) is 11.8 Å². The zero-order valence-electron chi connectivity index (χ0n) is 65.5. The van der Waals surface area contributed by atoms with Crippen LogP contribution < -0.4 is 0 Å². The van der Waals surface area contributed by atoms with Gasteiger partial charge in [0.25, 0.3) is 0 Å². The van der Waals surface area contributed by atoms with E-state index in [1.807, 2.05) is 0 Å². The molecular formula is C81H158O17P2. The summed E-state index contributed by atoms with van der Waals surface area (Å²) < 4.78 is 68.8. The smallest absolute Gasteiger partial charge is 0.462 e. The first-order valence-corrected chi connectivity index (χ1v) is 45.0. The fourth-order valence-corrected chi connectivity index (χ4v) is 14.1. The number of aliphatic hydroxyl groups excluding tert-OH is 1. The fourth-order valence-electron chi connectivity index (χ4n) is 12.5. The minimum absolute atomic E-state index is 0.108. The number of aliphatic hydroxyl groups is 1. The van der Waals surface area contributed by atoms with Crippen molar-refractivity contribution in [3.8, 4) is 0 Å². The van der Waals surface area contributed by atoms with E-state index in [0.717, 1.165) is 102 Å². The summed E-state index contributed by atoms with van der Waals surface area (Å²) in [5, 5.41) is 10.6. The van der Waals surface area contributed by atoms with Crippen molar-refractivity contribution >= 4 is 39.5 Å². The third-order valence-electron chi connectivity index (χ3n) is 19.0. The second kappa shape index (κ2) is 72.6. The van der Waals surface area contributed by atoms with Crippen molar-refractivity contribution < 1.29 is 80.2 Å². The SMILES string of the molecule is CCCCCCCCCCCCCCCCCC(=O)OC[C@H](COP(=O)(O)OC[C@@H](O)COP(=O)(O)OC[C@@H](COC(=O)CCCCCCCCCCCCC(C)C)OC(=O)CCCCCCCCCCCCCCCC)OC(=O)CCCCCCCCCCCCCCCCCC(C)C. The Bertz CT molecular complexity index is 1920. The molecule has 0 amide bonds. The third kappa shape index (κ3) is 74.3. The Kier molecular flexibility index (Phi) is 71.2. The molecule has 0 rings (SSSR count). The lowest BCUT2D eigenvalue weighted by atomic mass is 10.0. The number of hydrogen-bond acceptors (Lipinski definition) is 15. The summed E-state index contributed by atoms with van der Waals surface area (Å²) in [5.74, 6) is -0.544. The van der Waals surface area contributed by atoms with Crippen LogP contribution in [0.25, 0.3) is 0 Å². The maximum atomic E-state index is 13.1. The van der Waals surface area contributed by atoms with E-state index in [1.165, 1.54) is 244 Å². The van der Waals surface area contributed by atoms with Gasteiger partial charge in [-0.1, -0.05) is 375 Å². The molecule has 594 valence electrons. The summed E-state index contributed by atoms with van der Waals surface area (Å²) in [6, 6.07) is 0. The minimum Gasteiger partial charge on any atom is -0.462 e. The molecule has 3 N–H and O–H groups in total. The highest BCUT2D eigenvalue weighted by molar-refractivity contribution is 7.47. The number of carbonyl (C=O) groups excluding carboxylic acids is 4. The van der Waals surface area contributed by atoms with Crippen molar-refractivity contribution in [1.82, 2.24) is 0 Å². The van der Waals surface area contributed by atoms with Gasteiger partial charge in [-0.3, -0.25) is 37.3 Å². The van der Waals surface area contributed by atoms with Crippen molar-refractivity contribution in [3.05, 3.63) is 0 Å². The monoisotopic (exact) mass is 1470 g/mol. The molecule has 19 heteroatoms. The molecule has 0 heterocycles. The Balaban J connectivity index is 5.27. The molecule has 0 aliphatic heterocycles. The van der Waals surface area contributed by atoms with Crippen molar-refractivity contribution in [3.63, 3.8) is 0 Å². The largest absolute Gasteiger partial charge is 0.472 e. The molecule has 0 saturated carbocycles. The van der Waals surface area contributed by atoms with Gasteiger partial charge < -0.3 is 33.8 Å². The lowest BCUT2D eigenvalue weighted by Gasteiger charge is -2.21. The first kappa shape index (κ1) is 98.1. The average Bonchev–Trinajstić information content (AvgIpc) is 1.18. The number of unbranched alkanes of at least 4 members (excludes halogenated alkanes) is 50. The molecule has 0 radical (unpaired) electrons. The minimum atomic E-state index is -4.96. The quantitative estimate of drug-likeness (QED) is 0.0222. The maximum absolute atomic E-state index is 13.1. The predicted molar refractivity (Wildman–Crippen MR) is 409 cm³/mol. The van der Waals surface area contributed by atoms with Crippen LogP contribution in [0.2, 0.25) is 0 Å². The third-order valence-corrected chi connectivity index (χ3v) is 20.9. The fraction of sp³-hybridized carbons (Fsp3) is 0.951. The molecule has 0 fully saturated rings. The highest BCUT2D eigenvalue weighted by Crippen LogP contribution is 2.45. The van der Waals surface area contributed by atoms with E-state index in [2.05, 4.69) is 41.5 Å². The Morgan fingerprint density at radius 1 is 0.270 bits per heavy atom. The molecule has 2 unspecified atom stereocenters. The number of phosphoric ester groups is 2. The number of phosphoric acid groups is 2. The molecular weight excluding hydrogens is 1310 g/mol. The van der Waals surface area contributed by atoms with E-state index < -0.39 is 97.5 Å². The lowest BCUT2D eigenvalue weighted by molar-refractivity contribution is -0.161. The Morgan fingerprint density at radius 2 is 0.460 bits per heavy atom. The molecule has 0 aliphatic carbocycles. The van der Waals surface area contributed by atoms with E-state index >= 15 is 0 Å². The standard InChI is InChI=1S/C81H158O17P2/c1-7-9-11-13-15-17-19-21-24-29-32-39-45-51-57-63-78(83)91-69-76(97-81(86)66-60-54-48-42-34-30-26-23-25-27-31-37-43-49-55-61-73(3)4)71-95-99(87,88)93-67-75(82)68-94-100(89,90)96-72-77(70-92-79(84)64-58-52-46-40-36-35-38-44-50-56-62-74(5)6)98-80(85)65-59-53-47-41-33-28-22-20-18-16-14-12-10-8-2/h73-77,82H,7-72H2,1-6H3,(H,87,88)(H,89,90)/t75-,76-,77-/m1/s1. The van der Waals surface area contributed by atoms with Crippen LogP contribution in [-0.2, 0) is 65.4 Å². The average molecular weight is 1470 g/mol. The maximum Gasteiger partial charge on any atom is 0.472 e. The van der Waals surface area contributed by atoms with Gasteiger partial charge in [-0.2, -0.15) is 0 Å². The van der Waals surface area contributed by atoms with Gasteiger partial charge in [0, 0.05) is 25.7 Å². The van der Waals surface area contributed by atoms with Crippen LogP contribution >= 0.6 is 15.6 Å². The van der Waals surface area contributed by atoms with Crippen LogP contribution in [0.3, 0.4) is 0 Å². The molecule has 0 aromatic heterocycles.